The average Bonchev–Trinajstić information content (AvgIpc) is 2.52. The molecule has 6 nitrogen and oxygen atoms in total. The SMILES string of the molecule is [B]c1cc(Br)cc([C@@H](C)Oc2nc3oc(=O)cc(CC)c3c(=O)[nH]2)c1. The second-order valence-electron chi connectivity index (χ2n) is 5.57. The van der Waals surface area contributed by atoms with Crippen molar-refractivity contribution in [2.45, 2.75) is 26.4 Å². The van der Waals surface area contributed by atoms with Gasteiger partial charge < -0.3 is 9.15 Å². The molecule has 0 bridgehead atoms. The summed E-state index contributed by atoms with van der Waals surface area (Å²) >= 11 is 3.38. The first-order valence-electron chi connectivity index (χ1n) is 7.67. The number of benzene rings is 1. The third-order valence-electron chi connectivity index (χ3n) is 3.76. The van der Waals surface area contributed by atoms with E-state index < -0.39 is 17.3 Å². The van der Waals surface area contributed by atoms with Gasteiger partial charge in [-0.15, -0.1) is 0 Å². The van der Waals surface area contributed by atoms with Crippen molar-refractivity contribution >= 4 is 40.3 Å². The van der Waals surface area contributed by atoms with E-state index in [1.54, 1.807) is 19.1 Å². The maximum Gasteiger partial charge on any atom is 0.337 e. The lowest BCUT2D eigenvalue weighted by atomic mass is 9.93. The third-order valence-corrected chi connectivity index (χ3v) is 4.21. The van der Waals surface area contributed by atoms with Crippen LogP contribution in [-0.2, 0) is 6.42 Å². The molecule has 2 radical (unpaired) electrons. The van der Waals surface area contributed by atoms with Gasteiger partial charge in [0.25, 0.3) is 11.6 Å². The standard InChI is InChI=1S/C17H14BBrN2O4/c1-3-9-6-13(22)25-16-14(9)15(23)20-17(21-16)24-8(2)10-4-11(18)7-12(19)5-10/h4-8H,3H2,1-2H3,(H,20,21,23)/t8-/m1/s1. The average molecular weight is 401 g/mol. The van der Waals surface area contributed by atoms with Gasteiger partial charge >= 0.3 is 5.63 Å². The van der Waals surface area contributed by atoms with Gasteiger partial charge in [-0.3, -0.25) is 9.78 Å². The van der Waals surface area contributed by atoms with Crippen molar-refractivity contribution in [3.05, 3.63) is 60.6 Å². The number of aromatic nitrogens is 2. The maximum atomic E-state index is 12.4. The molecule has 0 unspecified atom stereocenters. The molecule has 1 atom stereocenters. The van der Waals surface area contributed by atoms with Crippen LogP contribution in [0.3, 0.4) is 0 Å². The lowest BCUT2D eigenvalue weighted by Crippen LogP contribution is -2.17. The van der Waals surface area contributed by atoms with E-state index in [0.717, 1.165) is 10.0 Å². The predicted molar refractivity (Wildman–Crippen MR) is 98.9 cm³/mol. The predicted octanol–water partition coefficient (Wildman–Crippen LogP) is 2.13. The molecule has 0 aliphatic rings. The first-order valence-corrected chi connectivity index (χ1v) is 8.46. The number of ether oxygens (including phenoxy) is 1. The molecule has 2 heterocycles. The number of rotatable bonds is 4. The van der Waals surface area contributed by atoms with Crippen molar-refractivity contribution in [3.63, 3.8) is 0 Å². The summed E-state index contributed by atoms with van der Waals surface area (Å²) in [4.78, 5) is 30.7. The molecule has 0 aliphatic carbocycles. The largest absolute Gasteiger partial charge is 0.457 e. The molecule has 1 N–H and O–H groups in total. The minimum Gasteiger partial charge on any atom is -0.457 e. The van der Waals surface area contributed by atoms with Crippen molar-refractivity contribution in [1.29, 1.82) is 0 Å². The summed E-state index contributed by atoms with van der Waals surface area (Å²) in [6, 6.07) is 6.67. The number of aromatic amines is 1. The second kappa shape index (κ2) is 6.88. The van der Waals surface area contributed by atoms with Crippen molar-refractivity contribution in [1.82, 2.24) is 9.97 Å². The van der Waals surface area contributed by atoms with Gasteiger partial charge in [0.05, 0.1) is 0 Å². The highest BCUT2D eigenvalue weighted by atomic mass is 79.9. The van der Waals surface area contributed by atoms with Gasteiger partial charge in [-0.05, 0) is 30.5 Å². The Balaban J connectivity index is 2.02. The van der Waals surface area contributed by atoms with Gasteiger partial charge in [-0.2, -0.15) is 4.98 Å². The fraction of sp³-hybridized carbons (Fsp3) is 0.235. The first-order chi connectivity index (χ1) is 11.9. The van der Waals surface area contributed by atoms with Crippen LogP contribution in [0.5, 0.6) is 6.01 Å². The number of halogens is 1. The summed E-state index contributed by atoms with van der Waals surface area (Å²) in [7, 11) is 5.83. The molecular formula is C17H14BBrN2O4. The minimum absolute atomic E-state index is 0.0278. The van der Waals surface area contributed by atoms with E-state index in [-0.39, 0.29) is 17.1 Å². The van der Waals surface area contributed by atoms with Crippen molar-refractivity contribution in [2.75, 3.05) is 0 Å². The van der Waals surface area contributed by atoms with Gasteiger partial charge in [0.2, 0.25) is 5.71 Å². The van der Waals surface area contributed by atoms with Crippen LogP contribution < -0.4 is 21.4 Å². The van der Waals surface area contributed by atoms with E-state index in [1.165, 1.54) is 6.07 Å². The van der Waals surface area contributed by atoms with Gasteiger partial charge in [0.1, 0.15) is 19.3 Å². The van der Waals surface area contributed by atoms with Crippen LogP contribution in [0.2, 0.25) is 0 Å². The van der Waals surface area contributed by atoms with E-state index >= 15 is 0 Å². The lowest BCUT2D eigenvalue weighted by molar-refractivity contribution is 0.207. The monoisotopic (exact) mass is 400 g/mol. The highest BCUT2D eigenvalue weighted by Crippen LogP contribution is 2.22. The second-order valence-corrected chi connectivity index (χ2v) is 6.49. The topological polar surface area (TPSA) is 85.2 Å². The van der Waals surface area contributed by atoms with Crippen molar-refractivity contribution in [2.24, 2.45) is 0 Å². The van der Waals surface area contributed by atoms with Gasteiger partial charge in [-0.25, -0.2) is 4.79 Å². The Hall–Kier alpha value is -2.35. The quantitative estimate of drug-likeness (QED) is 0.678. The Morgan fingerprint density at radius 1 is 1.32 bits per heavy atom. The number of hydrogen-bond acceptors (Lipinski definition) is 5. The van der Waals surface area contributed by atoms with E-state index in [4.69, 9.17) is 17.0 Å². The molecule has 3 aromatic rings. The zero-order valence-corrected chi connectivity index (χ0v) is 15.2. The Morgan fingerprint density at radius 2 is 2.08 bits per heavy atom. The fourth-order valence-corrected chi connectivity index (χ4v) is 3.10. The summed E-state index contributed by atoms with van der Waals surface area (Å²) < 4.78 is 11.6. The van der Waals surface area contributed by atoms with Crippen LogP contribution in [-0.4, -0.2) is 17.8 Å². The molecule has 0 saturated carbocycles. The molecular weight excluding hydrogens is 387 g/mol. The van der Waals surface area contributed by atoms with Crippen LogP contribution in [0.15, 0.2) is 42.7 Å². The fourth-order valence-electron chi connectivity index (χ4n) is 2.57. The Labute approximate surface area is 152 Å². The highest BCUT2D eigenvalue weighted by Gasteiger charge is 2.15. The zero-order valence-electron chi connectivity index (χ0n) is 13.6. The van der Waals surface area contributed by atoms with E-state index in [1.807, 2.05) is 13.0 Å². The summed E-state index contributed by atoms with van der Waals surface area (Å²) in [6.45, 7) is 3.64. The number of nitrogens with zero attached hydrogens (tertiary/aromatic N) is 1. The molecule has 8 heteroatoms. The molecule has 2 aromatic heterocycles. The summed E-state index contributed by atoms with van der Waals surface area (Å²) in [5.41, 5.74) is 0.961. The molecule has 3 rings (SSSR count). The molecule has 0 fully saturated rings. The summed E-state index contributed by atoms with van der Waals surface area (Å²) in [6.07, 6.45) is 0.0855. The van der Waals surface area contributed by atoms with Crippen LogP contribution in [0.25, 0.3) is 11.1 Å². The number of H-pyrrole nitrogens is 1. The molecule has 0 aliphatic heterocycles. The third kappa shape index (κ3) is 3.68. The number of nitrogens with one attached hydrogen (secondary N) is 1. The molecule has 25 heavy (non-hydrogen) atoms. The number of hydrogen-bond donors (Lipinski definition) is 1. The van der Waals surface area contributed by atoms with Gasteiger partial charge in [0, 0.05) is 10.5 Å². The molecule has 0 amide bonds. The van der Waals surface area contributed by atoms with E-state index in [2.05, 4.69) is 25.9 Å². The van der Waals surface area contributed by atoms with Gasteiger partial charge in [-0.1, -0.05) is 40.4 Å². The highest BCUT2D eigenvalue weighted by molar-refractivity contribution is 9.10. The van der Waals surface area contributed by atoms with E-state index in [9.17, 15) is 9.59 Å². The minimum atomic E-state index is -0.554. The first kappa shape index (κ1) is 17.5. The maximum absolute atomic E-state index is 12.4. The van der Waals surface area contributed by atoms with Gasteiger partial charge in [0.15, 0.2) is 0 Å². The van der Waals surface area contributed by atoms with Crippen molar-refractivity contribution in [3.8, 4) is 6.01 Å². The normalized spacial score (nSPS) is 12.3. The molecule has 0 saturated heterocycles. The number of fused-ring (bicyclic) bond motifs is 1. The molecule has 1 aromatic carbocycles. The van der Waals surface area contributed by atoms with Crippen LogP contribution in [0.4, 0.5) is 0 Å². The van der Waals surface area contributed by atoms with Crippen LogP contribution >= 0.6 is 15.9 Å². The molecule has 126 valence electrons. The summed E-state index contributed by atoms with van der Waals surface area (Å²) in [5.74, 6) is 0. The molecule has 0 spiro atoms. The Kier molecular flexibility index (Phi) is 4.81. The number of aryl methyl sites for hydroxylation is 1. The smallest absolute Gasteiger partial charge is 0.337 e. The lowest BCUT2D eigenvalue weighted by Gasteiger charge is -2.15. The summed E-state index contributed by atoms with van der Waals surface area (Å²) in [5, 5.41) is 0.258. The Morgan fingerprint density at radius 3 is 2.76 bits per heavy atom. The van der Waals surface area contributed by atoms with E-state index in [0.29, 0.717) is 17.4 Å². The Bertz CT molecular complexity index is 1040. The van der Waals surface area contributed by atoms with Crippen molar-refractivity contribution < 1.29 is 9.15 Å². The zero-order chi connectivity index (χ0) is 18.1. The van der Waals surface area contributed by atoms with Crippen LogP contribution in [0, 0.1) is 0 Å². The van der Waals surface area contributed by atoms with Crippen LogP contribution in [0.1, 0.15) is 31.1 Å².